The number of aromatic nitrogens is 1. The van der Waals surface area contributed by atoms with Gasteiger partial charge < -0.3 is 10.2 Å². The number of nitrogens with zero attached hydrogens (tertiary/aromatic N) is 2. The number of aryl methyl sites for hydroxylation is 1. The molecule has 1 atom stereocenters. The van der Waals surface area contributed by atoms with Gasteiger partial charge in [0, 0.05) is 25.3 Å². The highest BCUT2D eigenvalue weighted by Gasteiger charge is 2.37. The highest BCUT2D eigenvalue weighted by molar-refractivity contribution is 7.84. The number of carbonyl (C=O) groups excluding carboxylic acids is 2. The van der Waals surface area contributed by atoms with Crippen LogP contribution in [0.25, 0.3) is 10.4 Å². The van der Waals surface area contributed by atoms with Crippen LogP contribution >= 0.6 is 11.3 Å². The average molecular weight is 406 g/mol. The standard InChI is InChI=1S/C19H23N3O3S2/c1-10-16(26-18(20-10)21-11(2)23)12-7-13-9-22(19(3,4)5)17(24)15(13)14(8-12)27(6)25/h7-8H,9H2,1-6H3,(H,20,21,23)/t27-/m0/s1. The molecular weight excluding hydrogens is 382 g/mol. The van der Waals surface area contributed by atoms with Gasteiger partial charge >= 0.3 is 0 Å². The largest absolute Gasteiger partial charge is 0.329 e. The Bertz CT molecular complexity index is 973. The summed E-state index contributed by atoms with van der Waals surface area (Å²) in [6, 6.07) is 3.80. The number of fused-ring (bicyclic) bond motifs is 1. The Morgan fingerprint density at radius 1 is 1.33 bits per heavy atom. The Labute approximate surface area is 165 Å². The molecule has 2 heterocycles. The molecule has 1 N–H and O–H groups in total. The van der Waals surface area contributed by atoms with Gasteiger partial charge in [0.25, 0.3) is 5.91 Å². The number of rotatable bonds is 3. The number of hydrogen-bond acceptors (Lipinski definition) is 5. The lowest BCUT2D eigenvalue weighted by Crippen LogP contribution is -2.41. The van der Waals surface area contributed by atoms with Gasteiger partial charge in [0.2, 0.25) is 5.91 Å². The Hall–Kier alpha value is -2.06. The van der Waals surface area contributed by atoms with Crippen molar-refractivity contribution in [3.63, 3.8) is 0 Å². The average Bonchev–Trinajstić information content (AvgIpc) is 3.05. The third-order valence-electron chi connectivity index (χ3n) is 4.43. The third kappa shape index (κ3) is 3.68. The number of hydrogen-bond donors (Lipinski definition) is 1. The van der Waals surface area contributed by atoms with Crippen LogP contribution in [0.4, 0.5) is 5.13 Å². The summed E-state index contributed by atoms with van der Waals surface area (Å²) in [4.78, 5) is 31.9. The van der Waals surface area contributed by atoms with Crippen molar-refractivity contribution in [1.29, 1.82) is 0 Å². The van der Waals surface area contributed by atoms with E-state index in [-0.39, 0.29) is 17.4 Å². The van der Waals surface area contributed by atoms with Gasteiger partial charge in [-0.2, -0.15) is 0 Å². The van der Waals surface area contributed by atoms with Crippen molar-refractivity contribution in [3.8, 4) is 10.4 Å². The van der Waals surface area contributed by atoms with E-state index in [4.69, 9.17) is 0 Å². The molecule has 1 aliphatic heterocycles. The molecular formula is C19H23N3O3S2. The summed E-state index contributed by atoms with van der Waals surface area (Å²) in [6.07, 6.45) is 1.59. The van der Waals surface area contributed by atoms with Crippen molar-refractivity contribution in [1.82, 2.24) is 9.88 Å². The lowest BCUT2D eigenvalue weighted by Gasteiger charge is -2.31. The van der Waals surface area contributed by atoms with E-state index >= 15 is 0 Å². The zero-order chi connectivity index (χ0) is 20.1. The van der Waals surface area contributed by atoms with Crippen molar-refractivity contribution in [2.45, 2.75) is 51.6 Å². The maximum absolute atomic E-state index is 12.9. The number of thiazole rings is 1. The molecule has 0 fully saturated rings. The maximum Gasteiger partial charge on any atom is 0.256 e. The minimum Gasteiger partial charge on any atom is -0.329 e. The second kappa shape index (κ2) is 6.83. The molecule has 0 saturated carbocycles. The fraction of sp³-hybridized carbons (Fsp3) is 0.421. The van der Waals surface area contributed by atoms with Gasteiger partial charge in [-0.3, -0.25) is 13.8 Å². The van der Waals surface area contributed by atoms with E-state index in [9.17, 15) is 13.8 Å². The third-order valence-corrected chi connectivity index (χ3v) is 6.50. The van der Waals surface area contributed by atoms with Gasteiger partial charge in [-0.15, -0.1) is 0 Å². The molecule has 144 valence electrons. The molecule has 0 saturated heterocycles. The van der Waals surface area contributed by atoms with E-state index in [0.717, 1.165) is 21.7 Å². The normalized spacial score (nSPS) is 15.0. The fourth-order valence-corrected chi connectivity index (χ4v) is 4.98. The van der Waals surface area contributed by atoms with Gasteiger partial charge in [-0.25, -0.2) is 4.98 Å². The van der Waals surface area contributed by atoms with Crippen LogP contribution in [-0.2, 0) is 22.1 Å². The van der Waals surface area contributed by atoms with Crippen molar-refractivity contribution in [2.75, 3.05) is 11.6 Å². The van der Waals surface area contributed by atoms with E-state index in [1.165, 1.54) is 18.3 Å². The van der Waals surface area contributed by atoms with Gasteiger partial charge in [0.15, 0.2) is 5.13 Å². The van der Waals surface area contributed by atoms with Crippen LogP contribution in [-0.4, -0.2) is 37.7 Å². The predicted molar refractivity (Wildman–Crippen MR) is 109 cm³/mol. The molecule has 0 radical (unpaired) electrons. The SMILES string of the molecule is CC(=O)Nc1nc(C)c(-c2cc3c(c([S@](C)=O)c2)C(=O)N(C(C)(C)C)C3)s1. The molecule has 2 amide bonds. The van der Waals surface area contributed by atoms with E-state index in [1.54, 1.807) is 11.2 Å². The first-order valence-corrected chi connectivity index (χ1v) is 10.9. The Balaban J connectivity index is 2.13. The van der Waals surface area contributed by atoms with Crippen LogP contribution in [0.15, 0.2) is 17.0 Å². The van der Waals surface area contributed by atoms with Crippen LogP contribution in [0.5, 0.6) is 0 Å². The molecule has 0 bridgehead atoms. The molecule has 27 heavy (non-hydrogen) atoms. The maximum atomic E-state index is 12.9. The summed E-state index contributed by atoms with van der Waals surface area (Å²) in [5, 5.41) is 3.24. The monoisotopic (exact) mass is 405 g/mol. The fourth-order valence-electron chi connectivity index (χ4n) is 3.19. The van der Waals surface area contributed by atoms with Crippen LogP contribution in [0.3, 0.4) is 0 Å². The zero-order valence-corrected chi connectivity index (χ0v) is 17.9. The first-order chi connectivity index (χ1) is 12.5. The first-order valence-electron chi connectivity index (χ1n) is 8.56. The molecule has 1 aliphatic rings. The summed E-state index contributed by atoms with van der Waals surface area (Å²) in [5.41, 5.74) is 2.77. The molecule has 0 aliphatic carbocycles. The van der Waals surface area contributed by atoms with E-state index in [1.807, 2.05) is 39.8 Å². The summed E-state index contributed by atoms with van der Waals surface area (Å²) in [7, 11) is -1.30. The van der Waals surface area contributed by atoms with Crippen molar-refractivity contribution < 1.29 is 13.8 Å². The highest BCUT2D eigenvalue weighted by Crippen LogP contribution is 2.39. The minimum atomic E-state index is -1.30. The van der Waals surface area contributed by atoms with E-state index in [0.29, 0.717) is 22.1 Å². The lowest BCUT2D eigenvalue weighted by molar-refractivity contribution is -0.114. The Kier molecular flexibility index (Phi) is 4.98. The Morgan fingerprint density at radius 2 is 2.00 bits per heavy atom. The molecule has 2 aromatic rings. The molecule has 0 unspecified atom stereocenters. The number of benzene rings is 1. The van der Waals surface area contributed by atoms with Crippen LogP contribution in [0.1, 0.15) is 49.3 Å². The number of nitrogens with one attached hydrogen (secondary N) is 1. The second-order valence-electron chi connectivity index (χ2n) is 7.64. The topological polar surface area (TPSA) is 79.4 Å². The van der Waals surface area contributed by atoms with Crippen molar-refractivity contribution in [2.24, 2.45) is 0 Å². The van der Waals surface area contributed by atoms with Crippen LogP contribution in [0, 0.1) is 6.92 Å². The molecule has 0 spiro atoms. The minimum absolute atomic E-state index is 0.0748. The van der Waals surface area contributed by atoms with Crippen molar-refractivity contribution >= 4 is 39.1 Å². The van der Waals surface area contributed by atoms with Gasteiger partial charge in [0.1, 0.15) is 0 Å². The van der Waals surface area contributed by atoms with Gasteiger partial charge in [0.05, 0.1) is 31.8 Å². The van der Waals surface area contributed by atoms with Gasteiger partial charge in [-0.05, 0) is 51.0 Å². The van der Waals surface area contributed by atoms with E-state index in [2.05, 4.69) is 10.3 Å². The predicted octanol–water partition coefficient (Wildman–Crippen LogP) is 3.57. The summed E-state index contributed by atoms with van der Waals surface area (Å²) in [5.74, 6) is -0.250. The lowest BCUT2D eigenvalue weighted by atomic mass is 10.0. The smallest absolute Gasteiger partial charge is 0.256 e. The highest BCUT2D eigenvalue weighted by atomic mass is 32.2. The zero-order valence-electron chi connectivity index (χ0n) is 16.3. The summed E-state index contributed by atoms with van der Waals surface area (Å²) < 4.78 is 12.4. The molecule has 8 heteroatoms. The number of anilines is 1. The van der Waals surface area contributed by atoms with Gasteiger partial charge in [-0.1, -0.05) is 11.3 Å². The summed E-state index contributed by atoms with van der Waals surface area (Å²) in [6.45, 7) is 9.79. The number of amides is 2. The number of carbonyl (C=O) groups is 2. The summed E-state index contributed by atoms with van der Waals surface area (Å²) >= 11 is 1.37. The van der Waals surface area contributed by atoms with Crippen LogP contribution < -0.4 is 5.32 Å². The molecule has 6 nitrogen and oxygen atoms in total. The van der Waals surface area contributed by atoms with Crippen molar-refractivity contribution in [3.05, 3.63) is 29.0 Å². The molecule has 1 aromatic carbocycles. The quantitative estimate of drug-likeness (QED) is 0.847. The second-order valence-corrected chi connectivity index (χ2v) is 9.99. The van der Waals surface area contributed by atoms with E-state index < -0.39 is 10.8 Å². The van der Waals surface area contributed by atoms with Crippen LogP contribution in [0.2, 0.25) is 0 Å². The molecule has 3 rings (SSSR count). The molecule has 1 aromatic heterocycles. The Morgan fingerprint density at radius 3 is 2.56 bits per heavy atom. The first kappa shape index (κ1) is 19.7.